The van der Waals surface area contributed by atoms with E-state index in [1.165, 1.54) is 157 Å². The Morgan fingerprint density at radius 2 is 0.700 bits per heavy atom. The van der Waals surface area contributed by atoms with Crippen molar-refractivity contribution in [3.8, 4) is 67.4 Å². The fourth-order valence-corrected chi connectivity index (χ4v) is 17.0. The second kappa shape index (κ2) is 39.4. The van der Waals surface area contributed by atoms with Gasteiger partial charge in [0.25, 0.3) is 0 Å². The zero-order chi connectivity index (χ0) is 90.9. The van der Waals surface area contributed by atoms with Crippen LogP contribution in [0.25, 0.3) is 121 Å². The van der Waals surface area contributed by atoms with Gasteiger partial charge in [-0.1, -0.05) is 173 Å². The second-order valence-corrected chi connectivity index (χ2v) is 35.3. The Bertz CT molecular complexity index is 6480. The van der Waals surface area contributed by atoms with Gasteiger partial charge in [-0.3, -0.25) is 15.0 Å². The largest absolute Gasteiger partial charge is 0.264 e. The third-order valence-electron chi connectivity index (χ3n) is 23.0. The Hall–Kier alpha value is -11.7. The first-order chi connectivity index (χ1) is 59.8. The van der Waals surface area contributed by atoms with E-state index in [1.807, 2.05) is 80.1 Å². The molecule has 0 aliphatic rings. The van der Waals surface area contributed by atoms with Crippen LogP contribution in [0.4, 0.5) is 0 Å². The van der Waals surface area contributed by atoms with Crippen LogP contribution in [0.1, 0.15) is 157 Å². The lowest BCUT2D eigenvalue weighted by atomic mass is 9.92. The SMILES string of the molecule is Cc1ccc(-c2cccnc2)cc1-c1c2ccc(CC(C)C)cc2cc[n+]1C.Cc1ccncc1-c1c2ccc(CC(C)C)cc2cc[n+]1C.Cc1cnccc1-c1c2ccc(CC(C)C)cc2cc[n+]1C.[2H]C([2H])([2H])c1cc(-c2c3ccc(CC(C)C)cc3cc[n+]2C)c(C)c(C([2H])([2H])C)c1.[2H]c1cc(C)c(C)c(-c2c3ccc(CC(C)C)cc3cc[n+]2C)c1. The summed E-state index contributed by atoms with van der Waals surface area (Å²) in [6.45, 7) is 34.2. The summed E-state index contributed by atoms with van der Waals surface area (Å²) in [6, 6.07) is 67.4. The predicted molar refractivity (Wildman–Crippen MR) is 507 cm³/mol. The molecule has 0 aliphatic heterocycles. The van der Waals surface area contributed by atoms with Crippen LogP contribution in [-0.4, -0.2) is 15.0 Å². The number of aryl methyl sites for hydroxylation is 11. The highest BCUT2D eigenvalue weighted by atomic mass is 14.9. The highest BCUT2D eigenvalue weighted by molar-refractivity contribution is 5.98. The van der Waals surface area contributed by atoms with E-state index in [1.54, 1.807) is 6.07 Å². The van der Waals surface area contributed by atoms with E-state index in [9.17, 15) is 0 Å². The molecule has 8 aromatic carbocycles. The van der Waals surface area contributed by atoms with Gasteiger partial charge in [0.15, 0.2) is 31.0 Å². The molecule has 0 amide bonds. The highest BCUT2D eigenvalue weighted by Crippen LogP contribution is 2.37. The lowest BCUT2D eigenvalue weighted by molar-refractivity contribution is -0.659. The number of hydrogen-bond acceptors (Lipinski definition) is 3. The predicted octanol–water partition coefficient (Wildman–Crippen LogP) is 25.2. The minimum absolute atomic E-state index is 0.164. The van der Waals surface area contributed by atoms with Crippen molar-refractivity contribution in [1.82, 2.24) is 15.0 Å². The van der Waals surface area contributed by atoms with E-state index >= 15 is 0 Å². The summed E-state index contributed by atoms with van der Waals surface area (Å²) in [5, 5.41) is 12.4. The van der Waals surface area contributed by atoms with Crippen molar-refractivity contribution in [2.45, 2.75) is 163 Å². The molecule has 8 heterocycles. The van der Waals surface area contributed by atoms with Crippen molar-refractivity contribution in [2.75, 3.05) is 0 Å². The monoisotopic (exact) mass is 1590 g/mol. The first-order valence-corrected chi connectivity index (χ1v) is 42.9. The molecule has 120 heavy (non-hydrogen) atoms. The fourth-order valence-electron chi connectivity index (χ4n) is 17.0. The minimum Gasteiger partial charge on any atom is -0.264 e. The summed E-state index contributed by atoms with van der Waals surface area (Å²) in [5.41, 5.74) is 28.2. The van der Waals surface area contributed by atoms with Crippen LogP contribution in [0, 0.1) is 78.0 Å². The molecule has 612 valence electrons. The number of benzene rings is 8. The number of nitrogens with zero attached hydrogens (tertiary/aromatic N) is 8. The molecule has 0 N–H and O–H groups in total. The topological polar surface area (TPSA) is 58.1 Å². The van der Waals surface area contributed by atoms with Gasteiger partial charge in [0, 0.05) is 85.5 Å². The van der Waals surface area contributed by atoms with Crippen molar-refractivity contribution >= 4 is 53.9 Å². The molecular formula is C112H129N8+5. The molecule has 16 rings (SSSR count). The van der Waals surface area contributed by atoms with Crippen molar-refractivity contribution in [3.63, 3.8) is 0 Å². The lowest BCUT2D eigenvalue weighted by Crippen LogP contribution is -2.31. The Morgan fingerprint density at radius 1 is 0.317 bits per heavy atom. The van der Waals surface area contributed by atoms with Crippen LogP contribution >= 0.6 is 0 Å². The van der Waals surface area contributed by atoms with E-state index in [2.05, 4.69) is 348 Å². The van der Waals surface area contributed by atoms with Crippen LogP contribution in [0.2, 0.25) is 0 Å². The molecule has 0 spiro atoms. The quantitative estimate of drug-likeness (QED) is 0.0854. The highest BCUT2D eigenvalue weighted by Gasteiger charge is 2.25. The molecule has 0 aliphatic carbocycles. The van der Waals surface area contributed by atoms with E-state index in [4.69, 9.17) is 8.22 Å². The number of hydrogen-bond donors (Lipinski definition) is 0. The van der Waals surface area contributed by atoms with Crippen LogP contribution in [0.15, 0.2) is 262 Å². The molecule has 0 atom stereocenters. The van der Waals surface area contributed by atoms with Crippen molar-refractivity contribution in [1.29, 1.82) is 0 Å². The maximum absolute atomic E-state index is 8.26. The Morgan fingerprint density at radius 3 is 1.09 bits per heavy atom. The average Bonchev–Trinajstić information content (AvgIpc) is 0.759. The number of fused-ring (bicyclic) bond motifs is 5. The molecule has 0 radical (unpaired) electrons. The van der Waals surface area contributed by atoms with Gasteiger partial charge in [-0.25, -0.2) is 22.8 Å². The maximum atomic E-state index is 8.26. The Labute approximate surface area is 725 Å². The minimum atomic E-state index is -2.31. The van der Waals surface area contributed by atoms with Gasteiger partial charge in [-0.05, 0) is 288 Å². The van der Waals surface area contributed by atoms with Crippen molar-refractivity contribution < 1.29 is 31.1 Å². The van der Waals surface area contributed by atoms with Crippen molar-refractivity contribution in [3.05, 3.63) is 335 Å². The van der Waals surface area contributed by atoms with Gasteiger partial charge in [0.2, 0.25) is 28.5 Å². The summed E-state index contributed by atoms with van der Waals surface area (Å²) < 4.78 is 59.2. The average molecular weight is 1590 g/mol. The van der Waals surface area contributed by atoms with Gasteiger partial charge in [0.1, 0.15) is 35.2 Å². The Balaban J connectivity index is 0.000000144. The first kappa shape index (κ1) is 79.4. The summed E-state index contributed by atoms with van der Waals surface area (Å²) in [5.74, 6) is 3.24. The van der Waals surface area contributed by atoms with Gasteiger partial charge in [-0.2, -0.15) is 0 Å². The zero-order valence-corrected chi connectivity index (χ0v) is 75.2. The normalized spacial score (nSPS) is 12.3. The molecule has 0 saturated heterocycles. The van der Waals surface area contributed by atoms with E-state index in [0.29, 0.717) is 41.2 Å². The fraction of sp³-hybridized carbons (Fsp3) is 0.304. The standard InChI is InChI=1S/C26H27N2.C24H30N.C22H26N.2C20H23N2/c1-18(2)14-20-8-10-24-22(15-20)11-13-28(4)26(24)25-16-21(9-7-19(25)3)23-6-5-12-27-17-23;1-7-20-13-17(4)14-23(18(20)5)24-22-9-8-19(12-16(2)3)15-21(22)10-11-25(24)6;1-15(2)13-18-9-10-21-19(14-18)11-12-23(5)22(21)20-8-6-7-16(3)17(20)4;1-14(2)11-16-5-6-19-17(12-16)8-10-22(4)20(19)18-7-9-21-13-15(18)3;1-14(2)11-16-5-6-18-17(12-16)8-10-22(4)20(18)19-13-21-9-7-15(19)3/h5-13,15-18H,14H2,1-4H3;8-11,13-16H,7,12H2,1-6H3;6-12,14-15H,13H2,1-5H3;2*5-10,12-14H,11H2,1-4H3/q5*+1/i;4D3,7D2;6D;;. The molecule has 8 aromatic heterocycles. The number of pyridine rings is 8. The first-order valence-electron chi connectivity index (χ1n) is 45.9. The van der Waals surface area contributed by atoms with Crippen LogP contribution in [0.3, 0.4) is 0 Å². The third-order valence-corrected chi connectivity index (χ3v) is 23.0. The molecular weight excluding hydrogens is 1460 g/mol. The van der Waals surface area contributed by atoms with Gasteiger partial charge in [0.05, 0.1) is 50.6 Å². The number of aromatic nitrogens is 8. The third kappa shape index (κ3) is 20.9. The number of rotatable bonds is 17. The van der Waals surface area contributed by atoms with Gasteiger partial charge in [-0.15, -0.1) is 0 Å². The molecule has 0 unspecified atom stereocenters. The van der Waals surface area contributed by atoms with Gasteiger partial charge < -0.3 is 0 Å². The molecule has 0 fully saturated rings. The molecule has 16 aromatic rings. The van der Waals surface area contributed by atoms with E-state index in [-0.39, 0.29) is 5.56 Å². The summed E-state index contributed by atoms with van der Waals surface area (Å²) in [6.07, 6.45) is 25.8. The summed E-state index contributed by atoms with van der Waals surface area (Å²) in [7, 11) is 10.4. The molecule has 0 saturated carbocycles. The van der Waals surface area contributed by atoms with Crippen molar-refractivity contribution in [2.24, 2.45) is 64.8 Å². The molecule has 0 bridgehead atoms. The molecule has 8 nitrogen and oxygen atoms in total. The van der Waals surface area contributed by atoms with E-state index in [0.717, 1.165) is 70.8 Å². The maximum Gasteiger partial charge on any atom is 0.221 e. The van der Waals surface area contributed by atoms with Crippen LogP contribution < -0.4 is 22.8 Å². The van der Waals surface area contributed by atoms with Crippen LogP contribution in [0.5, 0.6) is 0 Å². The van der Waals surface area contributed by atoms with E-state index < -0.39 is 13.2 Å². The van der Waals surface area contributed by atoms with Gasteiger partial charge >= 0.3 is 0 Å². The lowest BCUT2D eigenvalue weighted by Gasteiger charge is -2.13. The summed E-state index contributed by atoms with van der Waals surface area (Å²) in [4.78, 5) is 12.8. The Kier molecular flexibility index (Phi) is 26.1. The second-order valence-electron chi connectivity index (χ2n) is 35.3. The zero-order valence-electron chi connectivity index (χ0n) is 81.2. The molecule has 8 heteroatoms. The smallest absolute Gasteiger partial charge is 0.221 e. The van der Waals surface area contributed by atoms with Crippen LogP contribution in [-0.2, 0) is 73.7 Å². The summed E-state index contributed by atoms with van der Waals surface area (Å²) >= 11 is 0.